The van der Waals surface area contributed by atoms with Gasteiger partial charge in [-0.1, -0.05) is 35.9 Å². The zero-order valence-corrected chi connectivity index (χ0v) is 21.2. The molecular formula is C26H24ClN3O5S. The topological polar surface area (TPSA) is 116 Å². The number of amides is 1. The fourth-order valence-corrected chi connectivity index (χ4v) is 4.57. The minimum Gasteiger partial charge on any atom is -0.481 e. The van der Waals surface area contributed by atoms with Crippen molar-refractivity contribution in [1.29, 1.82) is 0 Å². The number of carbonyl (C=O) groups excluding carboxylic acids is 1. The Morgan fingerprint density at radius 1 is 1.08 bits per heavy atom. The van der Waals surface area contributed by atoms with Crippen molar-refractivity contribution in [2.75, 3.05) is 28.2 Å². The van der Waals surface area contributed by atoms with Gasteiger partial charge in [-0.3, -0.25) is 13.9 Å². The lowest BCUT2D eigenvalue weighted by molar-refractivity contribution is -0.137. The van der Waals surface area contributed by atoms with Crippen LogP contribution < -0.4 is 14.9 Å². The van der Waals surface area contributed by atoms with E-state index in [9.17, 15) is 18.0 Å². The van der Waals surface area contributed by atoms with Crippen LogP contribution in [0.3, 0.4) is 0 Å². The second-order valence-corrected chi connectivity index (χ2v) is 10.8. The summed E-state index contributed by atoms with van der Waals surface area (Å²) < 4.78 is 24.9. The molecule has 0 fully saturated rings. The van der Waals surface area contributed by atoms with E-state index < -0.39 is 16.0 Å². The van der Waals surface area contributed by atoms with Gasteiger partial charge in [0.2, 0.25) is 10.0 Å². The number of fused-ring (bicyclic) bond motifs is 1. The molecule has 1 heterocycles. The number of hydrogen-bond donors (Lipinski definition) is 3. The first-order valence-corrected chi connectivity index (χ1v) is 13.2. The maximum Gasteiger partial charge on any atom is 0.303 e. The highest BCUT2D eigenvalue weighted by molar-refractivity contribution is 7.92. The number of hydrogen-bond acceptors (Lipinski definition) is 5. The van der Waals surface area contributed by atoms with Gasteiger partial charge in [-0.2, -0.15) is 0 Å². The van der Waals surface area contributed by atoms with E-state index in [-0.39, 0.29) is 12.3 Å². The van der Waals surface area contributed by atoms with Gasteiger partial charge in [0.1, 0.15) is 0 Å². The molecule has 4 rings (SSSR count). The van der Waals surface area contributed by atoms with Crippen molar-refractivity contribution in [2.24, 2.45) is 0 Å². The molecule has 0 saturated carbocycles. The molecule has 0 unspecified atom stereocenters. The minimum atomic E-state index is -3.41. The average molecular weight is 526 g/mol. The number of nitrogens with zero attached hydrogens (tertiary/aromatic N) is 1. The number of benzene rings is 3. The summed E-state index contributed by atoms with van der Waals surface area (Å²) in [5, 5.41) is 15.7. The molecule has 0 aliphatic carbocycles. The van der Waals surface area contributed by atoms with Gasteiger partial charge in [-0.15, -0.1) is 0 Å². The molecule has 3 aromatic carbocycles. The number of rotatable bonds is 8. The lowest BCUT2D eigenvalue weighted by atomic mass is 9.97. The zero-order chi connectivity index (χ0) is 26.0. The molecule has 1 amide bonds. The maximum atomic E-state index is 13.1. The quantitative estimate of drug-likeness (QED) is 0.368. The number of anilines is 3. The highest BCUT2D eigenvalue weighted by atomic mass is 35.5. The third-order valence-electron chi connectivity index (χ3n) is 5.82. The van der Waals surface area contributed by atoms with E-state index in [1.54, 1.807) is 42.5 Å². The van der Waals surface area contributed by atoms with Crippen LogP contribution in [0.4, 0.5) is 17.1 Å². The maximum absolute atomic E-state index is 13.1. The van der Waals surface area contributed by atoms with Gasteiger partial charge < -0.3 is 15.7 Å². The smallest absolute Gasteiger partial charge is 0.303 e. The Balaban J connectivity index is 1.80. The van der Waals surface area contributed by atoms with E-state index >= 15 is 0 Å². The minimum absolute atomic E-state index is 0.0140. The molecule has 10 heteroatoms. The van der Waals surface area contributed by atoms with Crippen molar-refractivity contribution >= 4 is 61.8 Å². The van der Waals surface area contributed by atoms with E-state index in [0.717, 1.165) is 11.8 Å². The lowest BCUT2D eigenvalue weighted by Gasteiger charge is -2.19. The molecule has 0 aromatic heterocycles. The van der Waals surface area contributed by atoms with Crippen LogP contribution in [0.15, 0.2) is 66.7 Å². The molecule has 1 aliphatic heterocycles. The predicted octanol–water partition coefficient (Wildman–Crippen LogP) is 4.69. The van der Waals surface area contributed by atoms with Crippen LogP contribution in [-0.4, -0.2) is 38.7 Å². The van der Waals surface area contributed by atoms with Crippen LogP contribution in [0.1, 0.15) is 23.1 Å². The summed E-state index contributed by atoms with van der Waals surface area (Å²) >= 11 is 6.12. The van der Waals surface area contributed by atoms with Crippen molar-refractivity contribution in [2.45, 2.75) is 12.8 Å². The van der Waals surface area contributed by atoms with Crippen molar-refractivity contribution in [3.63, 3.8) is 0 Å². The molecule has 0 saturated heterocycles. The summed E-state index contributed by atoms with van der Waals surface area (Å²) in [7, 11) is -1.94. The number of aryl methyl sites for hydroxylation is 1. The third-order valence-corrected chi connectivity index (χ3v) is 7.26. The molecule has 1 aliphatic rings. The van der Waals surface area contributed by atoms with Crippen molar-refractivity contribution in [1.82, 2.24) is 0 Å². The highest BCUT2D eigenvalue weighted by Gasteiger charge is 2.29. The van der Waals surface area contributed by atoms with E-state index in [1.807, 2.05) is 24.3 Å². The molecule has 0 atom stereocenters. The van der Waals surface area contributed by atoms with Gasteiger partial charge >= 0.3 is 5.97 Å². The van der Waals surface area contributed by atoms with Crippen molar-refractivity contribution < 1.29 is 23.1 Å². The average Bonchev–Trinajstić information content (AvgIpc) is 3.15. The summed E-state index contributed by atoms with van der Waals surface area (Å²) in [5.41, 5.74) is 4.84. The molecule has 36 heavy (non-hydrogen) atoms. The zero-order valence-electron chi connectivity index (χ0n) is 19.6. The molecular weight excluding hydrogens is 502 g/mol. The number of sulfonamides is 1. The molecule has 186 valence electrons. The Morgan fingerprint density at radius 3 is 2.47 bits per heavy atom. The fraction of sp³-hybridized carbons (Fsp3) is 0.154. The van der Waals surface area contributed by atoms with E-state index in [1.165, 1.54) is 11.4 Å². The Kier molecular flexibility index (Phi) is 7.05. The number of carboxylic acid groups (broad SMARTS) is 1. The largest absolute Gasteiger partial charge is 0.481 e. The monoisotopic (exact) mass is 525 g/mol. The standard InChI is InChI=1S/C26H24ClN3O5S/c1-30(36(2,34)35)20-10-8-19(9-11-20)28-25(17-5-3-4-16(14-17)6-13-23(31)32)24-21-12-7-18(27)15-22(21)29-26(24)33/h3-5,7-12,14-15,28H,6,13H2,1-2H3,(H,29,33)(H,31,32). The molecule has 0 radical (unpaired) electrons. The number of nitrogens with one attached hydrogen (secondary N) is 2. The van der Waals surface area contributed by atoms with Gasteiger partial charge in [-0.05, 0) is 60.0 Å². The second-order valence-electron chi connectivity index (χ2n) is 8.39. The lowest BCUT2D eigenvalue weighted by Crippen LogP contribution is -2.24. The molecule has 8 nitrogen and oxygen atoms in total. The first-order valence-electron chi connectivity index (χ1n) is 11.0. The Bertz CT molecular complexity index is 1480. The molecule has 0 bridgehead atoms. The number of carbonyl (C=O) groups is 2. The van der Waals surface area contributed by atoms with Gasteiger partial charge in [0.25, 0.3) is 5.91 Å². The Hall–Kier alpha value is -3.82. The first-order chi connectivity index (χ1) is 17.0. The Morgan fingerprint density at radius 2 is 1.81 bits per heavy atom. The van der Waals surface area contributed by atoms with Gasteiger partial charge in [0.15, 0.2) is 0 Å². The van der Waals surface area contributed by atoms with Crippen LogP contribution in [-0.2, 0) is 26.0 Å². The summed E-state index contributed by atoms with van der Waals surface area (Å²) in [6.07, 6.45) is 1.46. The van der Waals surface area contributed by atoms with Gasteiger partial charge in [0.05, 0.1) is 28.9 Å². The van der Waals surface area contributed by atoms with Crippen molar-refractivity contribution in [3.8, 4) is 0 Å². The fourth-order valence-electron chi connectivity index (χ4n) is 3.90. The van der Waals surface area contributed by atoms with Gasteiger partial charge in [-0.25, -0.2) is 8.42 Å². The first kappa shape index (κ1) is 25.3. The summed E-state index contributed by atoms with van der Waals surface area (Å²) in [6.45, 7) is 0. The molecule has 3 N–H and O–H groups in total. The third kappa shape index (κ3) is 5.53. The summed E-state index contributed by atoms with van der Waals surface area (Å²) in [6, 6.07) is 19.3. The number of halogens is 1. The SMILES string of the molecule is CN(c1ccc(NC(=C2C(=O)Nc3cc(Cl)ccc32)c2cccc(CCC(=O)O)c2)cc1)S(C)(=O)=O. The van der Waals surface area contributed by atoms with Crippen LogP contribution in [0.5, 0.6) is 0 Å². The van der Waals surface area contributed by atoms with E-state index in [0.29, 0.717) is 50.9 Å². The normalized spacial score (nSPS) is 14.1. The number of carboxylic acids is 1. The molecule has 3 aromatic rings. The predicted molar refractivity (Wildman–Crippen MR) is 143 cm³/mol. The Labute approximate surface area is 214 Å². The van der Waals surface area contributed by atoms with E-state index in [2.05, 4.69) is 10.6 Å². The second kappa shape index (κ2) is 10.0. The summed E-state index contributed by atoms with van der Waals surface area (Å²) in [5.74, 6) is -1.20. The van der Waals surface area contributed by atoms with Crippen LogP contribution in [0, 0.1) is 0 Å². The van der Waals surface area contributed by atoms with E-state index in [4.69, 9.17) is 16.7 Å². The van der Waals surface area contributed by atoms with Crippen LogP contribution >= 0.6 is 11.6 Å². The summed E-state index contributed by atoms with van der Waals surface area (Å²) in [4.78, 5) is 24.2. The van der Waals surface area contributed by atoms with Gasteiger partial charge in [0, 0.05) is 29.7 Å². The van der Waals surface area contributed by atoms with Crippen LogP contribution in [0.25, 0.3) is 11.3 Å². The highest BCUT2D eigenvalue weighted by Crippen LogP contribution is 2.39. The number of aliphatic carboxylic acids is 1. The van der Waals surface area contributed by atoms with Crippen LogP contribution in [0.2, 0.25) is 5.02 Å². The van der Waals surface area contributed by atoms with Crippen molar-refractivity contribution in [3.05, 3.63) is 88.4 Å². The molecule has 0 spiro atoms.